The van der Waals surface area contributed by atoms with Crippen LogP contribution in [0.2, 0.25) is 0 Å². The minimum Gasteiger partial charge on any atom is -0.354 e. The number of nitrogens with zero attached hydrogens (tertiary/aromatic N) is 4. The summed E-state index contributed by atoms with van der Waals surface area (Å²) in [5, 5.41) is 2.80. The van der Waals surface area contributed by atoms with E-state index < -0.39 is 0 Å². The van der Waals surface area contributed by atoms with Crippen molar-refractivity contribution in [3.05, 3.63) is 37.4 Å². The van der Waals surface area contributed by atoms with Gasteiger partial charge in [-0.3, -0.25) is 9.59 Å². The van der Waals surface area contributed by atoms with Crippen LogP contribution in [0.1, 0.15) is 25.7 Å². The van der Waals surface area contributed by atoms with Crippen LogP contribution in [0.15, 0.2) is 37.4 Å². The summed E-state index contributed by atoms with van der Waals surface area (Å²) in [7, 11) is 0. The maximum Gasteiger partial charge on any atom is 0.220 e. The molecule has 22 heavy (non-hydrogen) atoms. The third-order valence-corrected chi connectivity index (χ3v) is 3.31. The molecule has 2 rings (SSSR count). The molecule has 0 bridgehead atoms. The summed E-state index contributed by atoms with van der Waals surface area (Å²) in [4.78, 5) is 31.2. The Morgan fingerprint density at radius 2 is 1.59 bits per heavy atom. The predicted molar refractivity (Wildman–Crippen MR) is 80.9 cm³/mol. The number of carbonyl (C=O) groups excluding carboxylic acids is 2. The van der Waals surface area contributed by atoms with Gasteiger partial charge in [0.2, 0.25) is 5.91 Å². The van der Waals surface area contributed by atoms with Gasteiger partial charge in [0.15, 0.2) is 0 Å². The summed E-state index contributed by atoms with van der Waals surface area (Å²) >= 11 is 0. The first-order chi connectivity index (χ1) is 10.7. The van der Waals surface area contributed by atoms with Crippen LogP contribution in [0.3, 0.4) is 0 Å². The molecule has 0 aliphatic heterocycles. The van der Waals surface area contributed by atoms with Crippen molar-refractivity contribution >= 4 is 11.7 Å². The number of aromatic nitrogens is 4. The molecule has 0 radical (unpaired) electrons. The van der Waals surface area contributed by atoms with Crippen LogP contribution in [0, 0.1) is 0 Å². The molecule has 0 saturated carbocycles. The monoisotopic (exact) mass is 303 g/mol. The number of amides is 1. The van der Waals surface area contributed by atoms with Crippen LogP contribution in [0.4, 0.5) is 0 Å². The van der Waals surface area contributed by atoms with Gasteiger partial charge in [0, 0.05) is 63.7 Å². The Bertz CT molecular complexity index is 511. The van der Waals surface area contributed by atoms with Crippen molar-refractivity contribution in [2.75, 3.05) is 6.54 Å². The molecule has 2 aromatic heterocycles. The molecular formula is C15H21N5O2. The molecule has 2 aromatic rings. The molecule has 0 unspecified atom stereocenters. The summed E-state index contributed by atoms with van der Waals surface area (Å²) in [6, 6.07) is 0. The molecule has 7 nitrogen and oxygen atoms in total. The molecule has 1 amide bonds. The molecule has 1 N–H and O–H groups in total. The van der Waals surface area contributed by atoms with E-state index in [2.05, 4.69) is 15.3 Å². The molecule has 0 aromatic carbocycles. The Morgan fingerprint density at radius 1 is 0.909 bits per heavy atom. The average molecular weight is 303 g/mol. The lowest BCUT2D eigenvalue weighted by molar-refractivity contribution is -0.125. The molecule has 0 fully saturated rings. The van der Waals surface area contributed by atoms with Gasteiger partial charge in [0.05, 0.1) is 12.7 Å². The summed E-state index contributed by atoms with van der Waals surface area (Å²) in [6.07, 6.45) is 12.4. The highest BCUT2D eigenvalue weighted by Gasteiger charge is 2.06. The zero-order valence-corrected chi connectivity index (χ0v) is 12.5. The van der Waals surface area contributed by atoms with Crippen LogP contribution in [0.25, 0.3) is 0 Å². The van der Waals surface area contributed by atoms with Gasteiger partial charge in [-0.15, -0.1) is 0 Å². The van der Waals surface area contributed by atoms with Gasteiger partial charge >= 0.3 is 0 Å². The smallest absolute Gasteiger partial charge is 0.220 e. The predicted octanol–water partition coefficient (Wildman–Crippen LogP) is 1.03. The van der Waals surface area contributed by atoms with Gasteiger partial charge in [-0.1, -0.05) is 0 Å². The topological polar surface area (TPSA) is 81.8 Å². The normalized spacial score (nSPS) is 10.5. The zero-order valence-electron chi connectivity index (χ0n) is 12.5. The van der Waals surface area contributed by atoms with Crippen molar-refractivity contribution in [2.24, 2.45) is 0 Å². The fraction of sp³-hybridized carbons (Fsp3) is 0.467. The van der Waals surface area contributed by atoms with E-state index in [1.165, 1.54) is 0 Å². The van der Waals surface area contributed by atoms with Crippen LogP contribution in [0.5, 0.6) is 0 Å². The van der Waals surface area contributed by atoms with Gasteiger partial charge in [-0.25, -0.2) is 9.97 Å². The Morgan fingerprint density at radius 3 is 2.23 bits per heavy atom. The minimum atomic E-state index is -0.0805. The highest BCUT2D eigenvalue weighted by molar-refractivity contribution is 5.84. The second-order valence-corrected chi connectivity index (χ2v) is 5.09. The lowest BCUT2D eigenvalue weighted by Crippen LogP contribution is -2.27. The van der Waals surface area contributed by atoms with Gasteiger partial charge in [-0.05, 0) is 6.42 Å². The summed E-state index contributed by atoms with van der Waals surface area (Å²) in [5.74, 6) is 0.0490. The van der Waals surface area contributed by atoms with Crippen molar-refractivity contribution in [3.8, 4) is 0 Å². The number of ketones is 1. The van der Waals surface area contributed by atoms with Crippen molar-refractivity contribution < 1.29 is 9.59 Å². The van der Waals surface area contributed by atoms with Gasteiger partial charge in [0.25, 0.3) is 0 Å². The van der Waals surface area contributed by atoms with Crippen molar-refractivity contribution in [1.29, 1.82) is 0 Å². The molecule has 0 aliphatic carbocycles. The Kier molecular flexibility index (Phi) is 6.35. The lowest BCUT2D eigenvalue weighted by atomic mass is 10.1. The third kappa shape index (κ3) is 5.90. The standard InChI is InChI=1S/C15H21N5O2/c21-14(2-1-8-19-9-5-16-12-19)3-4-15(22)18-7-11-20-10-6-17-13-20/h5-6,9-10,12-13H,1-4,7-8,11H2,(H,18,22). The summed E-state index contributed by atoms with van der Waals surface area (Å²) in [5.41, 5.74) is 0. The molecular weight excluding hydrogens is 282 g/mol. The van der Waals surface area contributed by atoms with E-state index in [0.29, 0.717) is 25.9 Å². The van der Waals surface area contributed by atoms with Gasteiger partial charge in [-0.2, -0.15) is 0 Å². The quantitative estimate of drug-likeness (QED) is 0.710. The van der Waals surface area contributed by atoms with E-state index in [-0.39, 0.29) is 18.1 Å². The molecule has 2 heterocycles. The molecule has 118 valence electrons. The maximum absolute atomic E-state index is 11.7. The van der Waals surface area contributed by atoms with E-state index >= 15 is 0 Å². The molecule has 0 aliphatic rings. The van der Waals surface area contributed by atoms with Crippen LogP contribution >= 0.6 is 0 Å². The fourth-order valence-corrected chi connectivity index (χ4v) is 2.09. The third-order valence-electron chi connectivity index (χ3n) is 3.31. The number of hydrogen-bond acceptors (Lipinski definition) is 4. The first-order valence-electron chi connectivity index (χ1n) is 7.44. The lowest BCUT2D eigenvalue weighted by Gasteiger charge is -2.06. The first-order valence-corrected chi connectivity index (χ1v) is 7.44. The van der Waals surface area contributed by atoms with E-state index in [1.807, 2.05) is 21.5 Å². The van der Waals surface area contributed by atoms with Crippen LogP contribution < -0.4 is 5.32 Å². The zero-order chi connectivity index (χ0) is 15.6. The second kappa shape index (κ2) is 8.76. The first kappa shape index (κ1) is 15.9. The number of carbonyl (C=O) groups is 2. The molecule has 0 atom stereocenters. The SMILES string of the molecule is O=C(CCCn1ccnc1)CCC(=O)NCCn1ccnc1. The number of rotatable bonds is 10. The minimum absolute atomic E-state index is 0.0805. The van der Waals surface area contributed by atoms with Crippen LogP contribution in [-0.4, -0.2) is 37.3 Å². The number of Topliss-reactive ketones (excluding diaryl/α,β-unsaturated/α-hetero) is 1. The van der Waals surface area contributed by atoms with E-state index in [1.54, 1.807) is 25.0 Å². The number of nitrogens with one attached hydrogen (secondary N) is 1. The van der Waals surface area contributed by atoms with Gasteiger partial charge < -0.3 is 14.5 Å². The summed E-state index contributed by atoms with van der Waals surface area (Å²) < 4.78 is 3.83. The van der Waals surface area contributed by atoms with Crippen molar-refractivity contribution in [2.45, 2.75) is 38.8 Å². The number of aryl methyl sites for hydroxylation is 1. The van der Waals surface area contributed by atoms with E-state index in [9.17, 15) is 9.59 Å². The number of imidazole rings is 2. The molecule has 0 saturated heterocycles. The van der Waals surface area contributed by atoms with Crippen molar-refractivity contribution in [1.82, 2.24) is 24.4 Å². The van der Waals surface area contributed by atoms with Gasteiger partial charge in [0.1, 0.15) is 5.78 Å². The van der Waals surface area contributed by atoms with Crippen molar-refractivity contribution in [3.63, 3.8) is 0 Å². The fourth-order valence-electron chi connectivity index (χ4n) is 2.09. The average Bonchev–Trinajstić information content (AvgIpc) is 3.18. The van der Waals surface area contributed by atoms with E-state index in [0.717, 1.165) is 13.0 Å². The Hall–Kier alpha value is -2.44. The Balaban J connectivity index is 1.50. The van der Waals surface area contributed by atoms with Crippen LogP contribution in [-0.2, 0) is 22.7 Å². The molecule has 0 spiro atoms. The highest BCUT2D eigenvalue weighted by Crippen LogP contribution is 2.01. The van der Waals surface area contributed by atoms with E-state index in [4.69, 9.17) is 0 Å². The second-order valence-electron chi connectivity index (χ2n) is 5.09. The molecule has 7 heteroatoms. The maximum atomic E-state index is 11.7. The Labute approximate surface area is 129 Å². The largest absolute Gasteiger partial charge is 0.354 e. The number of hydrogen-bond donors (Lipinski definition) is 1. The summed E-state index contributed by atoms with van der Waals surface area (Å²) in [6.45, 7) is 2.01. The highest BCUT2D eigenvalue weighted by atomic mass is 16.2.